The van der Waals surface area contributed by atoms with Crippen molar-refractivity contribution in [3.05, 3.63) is 24.3 Å². The molecule has 0 amide bonds. The number of benzene rings is 1. The van der Waals surface area contributed by atoms with Crippen LogP contribution in [0.5, 0.6) is 5.75 Å². The molecule has 118 valence electrons. The fourth-order valence-electron chi connectivity index (χ4n) is 2.51. The van der Waals surface area contributed by atoms with E-state index in [4.69, 9.17) is 10.5 Å². The van der Waals surface area contributed by atoms with Crippen LogP contribution in [-0.4, -0.2) is 46.2 Å². The van der Waals surface area contributed by atoms with Crippen LogP contribution in [0.15, 0.2) is 24.3 Å². The van der Waals surface area contributed by atoms with E-state index in [2.05, 4.69) is 4.90 Å². The second-order valence-corrected chi connectivity index (χ2v) is 7.93. The van der Waals surface area contributed by atoms with E-state index in [9.17, 15) is 8.42 Å². The molecule has 1 aliphatic heterocycles. The second-order valence-electron chi connectivity index (χ2n) is 5.67. The molecule has 2 rings (SSSR count). The van der Waals surface area contributed by atoms with Gasteiger partial charge in [-0.15, -0.1) is 0 Å². The van der Waals surface area contributed by atoms with Gasteiger partial charge < -0.3 is 15.4 Å². The molecule has 1 heterocycles. The Hall–Kier alpha value is -1.27. The standard InChI is InChI=1S/C15H24N2O3S/c1-21(18,19)11-3-10-20-15-7-5-14(6-8-15)17-9-2-4-13(16)12-17/h5-8,13H,2-4,9-12,16H2,1H3. The Kier molecular flexibility index (Phi) is 5.47. The summed E-state index contributed by atoms with van der Waals surface area (Å²) in [4.78, 5) is 2.29. The number of rotatable bonds is 6. The van der Waals surface area contributed by atoms with Crippen molar-refractivity contribution in [3.8, 4) is 5.75 Å². The summed E-state index contributed by atoms with van der Waals surface area (Å²) >= 11 is 0. The summed E-state index contributed by atoms with van der Waals surface area (Å²) < 4.78 is 27.6. The molecule has 1 fully saturated rings. The lowest BCUT2D eigenvalue weighted by molar-refractivity contribution is 0.318. The summed E-state index contributed by atoms with van der Waals surface area (Å²) in [6, 6.07) is 8.17. The molecular weight excluding hydrogens is 288 g/mol. The molecule has 0 aliphatic carbocycles. The van der Waals surface area contributed by atoms with Gasteiger partial charge in [0.05, 0.1) is 12.4 Å². The SMILES string of the molecule is CS(=O)(=O)CCCOc1ccc(N2CCCC(N)C2)cc1. The van der Waals surface area contributed by atoms with Crippen molar-refractivity contribution in [1.29, 1.82) is 0 Å². The van der Waals surface area contributed by atoms with Gasteiger partial charge in [-0.3, -0.25) is 0 Å². The zero-order valence-corrected chi connectivity index (χ0v) is 13.3. The molecule has 0 aromatic heterocycles. The minimum absolute atomic E-state index is 0.163. The van der Waals surface area contributed by atoms with E-state index in [-0.39, 0.29) is 11.8 Å². The van der Waals surface area contributed by atoms with Crippen LogP contribution in [0.1, 0.15) is 19.3 Å². The molecule has 0 bridgehead atoms. The van der Waals surface area contributed by atoms with Crippen molar-refractivity contribution < 1.29 is 13.2 Å². The summed E-state index contributed by atoms with van der Waals surface area (Å²) in [5.41, 5.74) is 7.15. The molecule has 5 nitrogen and oxygen atoms in total. The Morgan fingerprint density at radius 2 is 2.05 bits per heavy atom. The van der Waals surface area contributed by atoms with Crippen LogP contribution in [0, 0.1) is 0 Å². The van der Waals surface area contributed by atoms with Crippen molar-refractivity contribution in [2.24, 2.45) is 5.73 Å². The van der Waals surface area contributed by atoms with E-state index in [0.29, 0.717) is 13.0 Å². The lowest BCUT2D eigenvalue weighted by Crippen LogP contribution is -2.42. The molecule has 1 atom stereocenters. The summed E-state index contributed by atoms with van der Waals surface area (Å²) in [7, 11) is -2.90. The number of anilines is 1. The Morgan fingerprint density at radius 1 is 1.33 bits per heavy atom. The Balaban J connectivity index is 1.81. The van der Waals surface area contributed by atoms with Crippen molar-refractivity contribution >= 4 is 15.5 Å². The van der Waals surface area contributed by atoms with Crippen LogP contribution in [-0.2, 0) is 9.84 Å². The monoisotopic (exact) mass is 312 g/mol. The highest BCUT2D eigenvalue weighted by Crippen LogP contribution is 2.22. The third-order valence-electron chi connectivity index (χ3n) is 3.59. The maximum atomic E-state index is 11.0. The molecule has 1 unspecified atom stereocenters. The van der Waals surface area contributed by atoms with E-state index in [1.165, 1.54) is 6.26 Å². The van der Waals surface area contributed by atoms with Crippen molar-refractivity contribution in [1.82, 2.24) is 0 Å². The summed E-state index contributed by atoms with van der Waals surface area (Å²) in [6.07, 6.45) is 3.98. The zero-order chi connectivity index (χ0) is 15.3. The molecule has 1 saturated heterocycles. The Bertz CT molecular complexity index is 543. The topological polar surface area (TPSA) is 72.6 Å². The Labute approximate surface area is 127 Å². The van der Waals surface area contributed by atoms with Gasteiger partial charge in [-0.2, -0.15) is 0 Å². The summed E-state index contributed by atoms with van der Waals surface area (Å²) in [5, 5.41) is 0. The molecule has 1 aromatic rings. The highest BCUT2D eigenvalue weighted by molar-refractivity contribution is 7.90. The normalized spacial score (nSPS) is 19.5. The molecule has 1 aliphatic rings. The third-order valence-corrected chi connectivity index (χ3v) is 4.62. The highest BCUT2D eigenvalue weighted by atomic mass is 32.2. The van der Waals surface area contributed by atoms with Gasteiger partial charge in [0.2, 0.25) is 0 Å². The average molecular weight is 312 g/mol. The van der Waals surface area contributed by atoms with Crippen LogP contribution < -0.4 is 15.4 Å². The fraction of sp³-hybridized carbons (Fsp3) is 0.600. The number of nitrogens with two attached hydrogens (primary N) is 1. The van der Waals surface area contributed by atoms with E-state index in [0.717, 1.165) is 37.4 Å². The summed E-state index contributed by atoms with van der Waals surface area (Å²) in [5.74, 6) is 0.935. The molecule has 6 heteroatoms. The predicted molar refractivity (Wildman–Crippen MR) is 85.7 cm³/mol. The third kappa shape index (κ3) is 5.55. The number of hydrogen-bond acceptors (Lipinski definition) is 5. The Morgan fingerprint density at radius 3 is 2.67 bits per heavy atom. The zero-order valence-electron chi connectivity index (χ0n) is 12.5. The molecule has 2 N–H and O–H groups in total. The van der Waals surface area contributed by atoms with Gasteiger partial charge in [0.15, 0.2) is 0 Å². The van der Waals surface area contributed by atoms with E-state index < -0.39 is 9.84 Å². The number of ether oxygens (including phenoxy) is 1. The summed E-state index contributed by atoms with van der Waals surface area (Å²) in [6.45, 7) is 2.36. The minimum atomic E-state index is -2.90. The lowest BCUT2D eigenvalue weighted by Gasteiger charge is -2.32. The van der Waals surface area contributed by atoms with Gasteiger partial charge in [-0.1, -0.05) is 0 Å². The van der Waals surface area contributed by atoms with Crippen LogP contribution in [0.4, 0.5) is 5.69 Å². The number of hydrogen-bond donors (Lipinski definition) is 1. The highest BCUT2D eigenvalue weighted by Gasteiger charge is 2.16. The van der Waals surface area contributed by atoms with Gasteiger partial charge in [-0.05, 0) is 43.5 Å². The minimum Gasteiger partial charge on any atom is -0.494 e. The van der Waals surface area contributed by atoms with Gasteiger partial charge >= 0.3 is 0 Å². The molecule has 0 spiro atoms. The molecule has 21 heavy (non-hydrogen) atoms. The van der Waals surface area contributed by atoms with Crippen molar-refractivity contribution in [3.63, 3.8) is 0 Å². The first kappa shape index (κ1) is 16.1. The van der Waals surface area contributed by atoms with Crippen LogP contribution >= 0.6 is 0 Å². The first-order valence-electron chi connectivity index (χ1n) is 7.35. The molecule has 1 aromatic carbocycles. The quantitative estimate of drug-likeness (QED) is 0.805. The maximum Gasteiger partial charge on any atom is 0.147 e. The largest absolute Gasteiger partial charge is 0.494 e. The van der Waals surface area contributed by atoms with Crippen LogP contribution in [0.2, 0.25) is 0 Å². The van der Waals surface area contributed by atoms with Crippen LogP contribution in [0.3, 0.4) is 0 Å². The van der Waals surface area contributed by atoms with Gasteiger partial charge in [0, 0.05) is 31.1 Å². The van der Waals surface area contributed by atoms with E-state index in [1.807, 2.05) is 24.3 Å². The maximum absolute atomic E-state index is 11.0. The van der Waals surface area contributed by atoms with E-state index in [1.54, 1.807) is 0 Å². The number of piperidine rings is 1. The smallest absolute Gasteiger partial charge is 0.147 e. The average Bonchev–Trinajstić information content (AvgIpc) is 2.43. The first-order chi connectivity index (χ1) is 9.94. The predicted octanol–water partition coefficient (Wildman–Crippen LogP) is 1.43. The lowest BCUT2D eigenvalue weighted by atomic mass is 10.1. The first-order valence-corrected chi connectivity index (χ1v) is 9.41. The second kappa shape index (κ2) is 7.13. The van der Waals surface area contributed by atoms with Gasteiger partial charge in [-0.25, -0.2) is 8.42 Å². The number of nitrogens with zero attached hydrogens (tertiary/aromatic N) is 1. The van der Waals surface area contributed by atoms with Gasteiger partial charge in [0.25, 0.3) is 0 Å². The van der Waals surface area contributed by atoms with Crippen molar-refractivity contribution in [2.75, 3.05) is 36.6 Å². The molecular formula is C15H24N2O3S. The fourth-order valence-corrected chi connectivity index (χ4v) is 3.15. The van der Waals surface area contributed by atoms with Crippen LogP contribution in [0.25, 0.3) is 0 Å². The molecule has 0 saturated carbocycles. The molecule has 0 radical (unpaired) electrons. The van der Waals surface area contributed by atoms with E-state index >= 15 is 0 Å². The van der Waals surface area contributed by atoms with Gasteiger partial charge in [0.1, 0.15) is 15.6 Å². The van der Waals surface area contributed by atoms with Crippen molar-refractivity contribution in [2.45, 2.75) is 25.3 Å². The number of sulfone groups is 1.